The smallest absolute Gasteiger partial charge is 0.294 e. The van der Waals surface area contributed by atoms with Crippen molar-refractivity contribution in [2.24, 2.45) is 5.92 Å². The van der Waals surface area contributed by atoms with Gasteiger partial charge in [0.05, 0.1) is 9.95 Å². The molecule has 0 radical (unpaired) electrons. The van der Waals surface area contributed by atoms with E-state index in [4.69, 9.17) is 11.6 Å². The van der Waals surface area contributed by atoms with E-state index in [1.807, 2.05) is 20.8 Å². The summed E-state index contributed by atoms with van der Waals surface area (Å²) < 4.78 is 0. The minimum atomic E-state index is -0.555. The summed E-state index contributed by atoms with van der Waals surface area (Å²) in [5.41, 5.74) is 0.206. The van der Waals surface area contributed by atoms with Gasteiger partial charge in [0.1, 0.15) is 5.69 Å². The Morgan fingerprint density at radius 3 is 2.38 bits per heavy atom. The van der Waals surface area contributed by atoms with Crippen molar-refractivity contribution in [2.45, 2.75) is 26.8 Å². The maximum Gasteiger partial charge on any atom is 0.294 e. The molecule has 0 fully saturated rings. The molecule has 0 aromatic heterocycles. The summed E-state index contributed by atoms with van der Waals surface area (Å²) >= 11 is 6.03. The topological polar surface area (TPSA) is 75.5 Å². The standard InChI is InChI=1S/C14H20ClN3O3/c1-8(2)9(3)17(5)14(19)10-6-11(15)13(16-4)12(7-10)18(20)21/h6-9,16H,1-5H3. The lowest BCUT2D eigenvalue weighted by Gasteiger charge is -2.28. The van der Waals surface area contributed by atoms with Crippen LogP contribution >= 0.6 is 11.6 Å². The number of rotatable bonds is 5. The second kappa shape index (κ2) is 6.76. The number of benzene rings is 1. The minimum Gasteiger partial charge on any atom is -0.381 e. The van der Waals surface area contributed by atoms with Gasteiger partial charge in [0.25, 0.3) is 11.6 Å². The van der Waals surface area contributed by atoms with Crippen LogP contribution in [-0.4, -0.2) is 35.9 Å². The fraction of sp³-hybridized carbons (Fsp3) is 0.500. The molecule has 21 heavy (non-hydrogen) atoms. The Balaban J connectivity index is 3.26. The van der Waals surface area contributed by atoms with E-state index >= 15 is 0 Å². The number of carbonyl (C=O) groups is 1. The minimum absolute atomic E-state index is 0.0132. The van der Waals surface area contributed by atoms with Crippen LogP contribution in [0.3, 0.4) is 0 Å². The van der Waals surface area contributed by atoms with Crippen molar-refractivity contribution in [1.29, 1.82) is 0 Å². The quantitative estimate of drug-likeness (QED) is 0.667. The molecule has 1 atom stereocenters. The first-order chi connectivity index (χ1) is 9.70. The van der Waals surface area contributed by atoms with E-state index in [1.54, 1.807) is 19.0 Å². The van der Waals surface area contributed by atoms with Crippen LogP contribution in [0, 0.1) is 16.0 Å². The number of hydrogen-bond donors (Lipinski definition) is 1. The molecule has 0 aliphatic rings. The number of amides is 1. The normalized spacial score (nSPS) is 12.1. The molecule has 0 heterocycles. The highest BCUT2D eigenvalue weighted by atomic mass is 35.5. The molecular formula is C14H20ClN3O3. The Kier molecular flexibility index (Phi) is 5.54. The van der Waals surface area contributed by atoms with E-state index in [2.05, 4.69) is 5.32 Å². The SMILES string of the molecule is CNc1c(Cl)cc(C(=O)N(C)C(C)C(C)C)cc1[N+](=O)[O-]. The van der Waals surface area contributed by atoms with Crippen molar-refractivity contribution in [2.75, 3.05) is 19.4 Å². The van der Waals surface area contributed by atoms with E-state index in [9.17, 15) is 14.9 Å². The average molecular weight is 314 g/mol. The van der Waals surface area contributed by atoms with Gasteiger partial charge in [-0.2, -0.15) is 0 Å². The highest BCUT2D eigenvalue weighted by Crippen LogP contribution is 2.33. The third-order valence-corrected chi connectivity index (χ3v) is 3.96. The summed E-state index contributed by atoms with van der Waals surface area (Å²) in [4.78, 5) is 24.6. The molecule has 1 amide bonds. The summed E-state index contributed by atoms with van der Waals surface area (Å²) in [7, 11) is 3.22. The first-order valence-corrected chi connectivity index (χ1v) is 7.01. The van der Waals surface area contributed by atoms with Gasteiger partial charge >= 0.3 is 0 Å². The van der Waals surface area contributed by atoms with Gasteiger partial charge in [0, 0.05) is 31.8 Å². The largest absolute Gasteiger partial charge is 0.381 e. The summed E-state index contributed by atoms with van der Waals surface area (Å²) in [5.74, 6) is -0.00941. The van der Waals surface area contributed by atoms with Gasteiger partial charge in [0.2, 0.25) is 0 Å². The Labute approximate surface area is 129 Å². The van der Waals surface area contributed by atoms with Crippen molar-refractivity contribution >= 4 is 28.9 Å². The highest BCUT2D eigenvalue weighted by molar-refractivity contribution is 6.34. The first kappa shape index (κ1) is 17.2. The number of nitro groups is 1. The summed E-state index contributed by atoms with van der Waals surface area (Å²) in [5, 5.41) is 13.9. The molecule has 0 saturated carbocycles. The van der Waals surface area contributed by atoms with Crippen LogP contribution in [-0.2, 0) is 0 Å². The number of hydrogen-bond acceptors (Lipinski definition) is 4. The van der Waals surface area contributed by atoms with Crippen LogP contribution < -0.4 is 5.32 Å². The molecular weight excluding hydrogens is 294 g/mol. The number of nitro benzene ring substituents is 1. The molecule has 0 saturated heterocycles. The second-order valence-electron chi connectivity index (χ2n) is 5.26. The Hall–Kier alpha value is -1.82. The Bertz CT molecular complexity index is 561. The van der Waals surface area contributed by atoms with Crippen LogP contribution in [0.5, 0.6) is 0 Å². The van der Waals surface area contributed by atoms with Crippen LogP contribution in [0.15, 0.2) is 12.1 Å². The summed E-state index contributed by atoms with van der Waals surface area (Å²) in [6, 6.07) is 2.72. The zero-order chi connectivity index (χ0) is 16.3. The lowest BCUT2D eigenvalue weighted by molar-refractivity contribution is -0.384. The number of halogens is 1. The fourth-order valence-corrected chi connectivity index (χ4v) is 2.25. The van der Waals surface area contributed by atoms with E-state index in [1.165, 1.54) is 12.1 Å². The number of carbonyl (C=O) groups excluding carboxylic acids is 1. The fourth-order valence-electron chi connectivity index (χ4n) is 1.94. The number of nitrogens with one attached hydrogen (secondary N) is 1. The summed E-state index contributed by atoms with van der Waals surface area (Å²) in [6.07, 6.45) is 0. The van der Waals surface area contributed by atoms with Crippen molar-refractivity contribution in [1.82, 2.24) is 4.90 Å². The molecule has 116 valence electrons. The van der Waals surface area contributed by atoms with E-state index in [0.717, 1.165) is 0 Å². The van der Waals surface area contributed by atoms with Gasteiger partial charge in [-0.1, -0.05) is 25.4 Å². The molecule has 1 rings (SSSR count). The van der Waals surface area contributed by atoms with E-state index in [-0.39, 0.29) is 39.8 Å². The third-order valence-electron chi connectivity index (χ3n) is 3.66. The molecule has 1 aromatic carbocycles. The van der Waals surface area contributed by atoms with Crippen LogP contribution in [0.1, 0.15) is 31.1 Å². The Morgan fingerprint density at radius 2 is 1.95 bits per heavy atom. The molecule has 0 aliphatic heterocycles. The molecule has 1 aromatic rings. The molecule has 1 unspecified atom stereocenters. The molecule has 7 heteroatoms. The van der Waals surface area contributed by atoms with Crippen LogP contribution in [0.4, 0.5) is 11.4 Å². The van der Waals surface area contributed by atoms with Crippen LogP contribution in [0.2, 0.25) is 5.02 Å². The molecule has 0 aliphatic carbocycles. The maximum absolute atomic E-state index is 12.4. The number of nitrogens with zero attached hydrogens (tertiary/aromatic N) is 2. The van der Waals surface area contributed by atoms with Gasteiger partial charge in [-0.25, -0.2) is 0 Å². The van der Waals surface area contributed by atoms with Crippen molar-refractivity contribution in [3.05, 3.63) is 32.8 Å². The van der Waals surface area contributed by atoms with E-state index < -0.39 is 4.92 Å². The van der Waals surface area contributed by atoms with Crippen molar-refractivity contribution < 1.29 is 9.72 Å². The third kappa shape index (κ3) is 3.64. The monoisotopic (exact) mass is 313 g/mol. The van der Waals surface area contributed by atoms with Gasteiger partial charge in [-0.15, -0.1) is 0 Å². The lowest BCUT2D eigenvalue weighted by Crippen LogP contribution is -2.38. The number of anilines is 1. The lowest BCUT2D eigenvalue weighted by atomic mass is 10.0. The average Bonchev–Trinajstić information content (AvgIpc) is 2.43. The molecule has 0 bridgehead atoms. The first-order valence-electron chi connectivity index (χ1n) is 6.63. The van der Waals surface area contributed by atoms with Crippen molar-refractivity contribution in [3.63, 3.8) is 0 Å². The van der Waals surface area contributed by atoms with E-state index in [0.29, 0.717) is 0 Å². The molecule has 0 spiro atoms. The van der Waals surface area contributed by atoms with Gasteiger partial charge < -0.3 is 10.2 Å². The zero-order valence-corrected chi connectivity index (χ0v) is 13.6. The van der Waals surface area contributed by atoms with Gasteiger partial charge in [0.15, 0.2) is 0 Å². The van der Waals surface area contributed by atoms with Gasteiger partial charge in [-0.05, 0) is 18.9 Å². The zero-order valence-electron chi connectivity index (χ0n) is 12.8. The Morgan fingerprint density at radius 1 is 1.38 bits per heavy atom. The van der Waals surface area contributed by atoms with Crippen molar-refractivity contribution in [3.8, 4) is 0 Å². The van der Waals surface area contributed by atoms with Crippen LogP contribution in [0.25, 0.3) is 0 Å². The molecule has 1 N–H and O–H groups in total. The predicted octanol–water partition coefficient (Wildman–Crippen LogP) is 3.41. The predicted molar refractivity (Wildman–Crippen MR) is 84.0 cm³/mol. The highest BCUT2D eigenvalue weighted by Gasteiger charge is 2.25. The second-order valence-corrected chi connectivity index (χ2v) is 5.67. The van der Waals surface area contributed by atoms with Gasteiger partial charge in [-0.3, -0.25) is 14.9 Å². The maximum atomic E-state index is 12.4. The molecule has 6 nitrogen and oxygen atoms in total. The summed E-state index contributed by atoms with van der Waals surface area (Å²) in [6.45, 7) is 5.95.